The second kappa shape index (κ2) is 3.82. The number of aromatic nitrogens is 1. The maximum absolute atomic E-state index is 10.9. The lowest BCUT2D eigenvalue weighted by Gasteiger charge is -1.99. The van der Waals surface area contributed by atoms with Crippen molar-refractivity contribution in [2.24, 2.45) is 5.73 Å². The van der Waals surface area contributed by atoms with E-state index in [4.69, 9.17) is 5.73 Å². The van der Waals surface area contributed by atoms with Crippen molar-refractivity contribution in [1.82, 2.24) is 4.98 Å². The van der Waals surface area contributed by atoms with Gasteiger partial charge in [0.15, 0.2) is 0 Å². The first-order valence-electron chi connectivity index (χ1n) is 4.50. The summed E-state index contributed by atoms with van der Waals surface area (Å²) >= 11 is 1.43. The molecule has 0 aliphatic heterocycles. The summed E-state index contributed by atoms with van der Waals surface area (Å²) in [4.78, 5) is 15.1. The minimum absolute atomic E-state index is 0.332. The number of rotatable bonds is 2. The minimum Gasteiger partial charge on any atom is -0.364 e. The van der Waals surface area contributed by atoms with Crippen LogP contribution in [0.1, 0.15) is 16.1 Å². The second-order valence-corrected chi connectivity index (χ2v) is 4.08. The Hall–Kier alpha value is -1.68. The van der Waals surface area contributed by atoms with E-state index < -0.39 is 5.91 Å². The van der Waals surface area contributed by atoms with E-state index in [0.717, 1.165) is 16.1 Å². The fourth-order valence-corrected chi connectivity index (χ4v) is 2.22. The topological polar surface area (TPSA) is 56.0 Å². The van der Waals surface area contributed by atoms with Crippen LogP contribution in [-0.2, 0) is 0 Å². The molecule has 4 heteroatoms. The molecule has 0 fully saturated rings. The lowest BCUT2D eigenvalue weighted by molar-refractivity contribution is 0.0996. The zero-order valence-electron chi connectivity index (χ0n) is 8.23. The lowest BCUT2D eigenvalue weighted by atomic mass is 10.1. The number of thiazole rings is 1. The van der Waals surface area contributed by atoms with Gasteiger partial charge in [-0.25, -0.2) is 4.98 Å². The van der Waals surface area contributed by atoms with Crippen molar-refractivity contribution in [2.75, 3.05) is 0 Å². The van der Waals surface area contributed by atoms with Crippen LogP contribution in [0.5, 0.6) is 0 Å². The quantitative estimate of drug-likeness (QED) is 0.840. The Labute approximate surface area is 91.6 Å². The highest BCUT2D eigenvalue weighted by Gasteiger charge is 2.09. The van der Waals surface area contributed by atoms with Gasteiger partial charge in [0.1, 0.15) is 10.7 Å². The maximum atomic E-state index is 10.9. The first kappa shape index (κ1) is 9.86. The van der Waals surface area contributed by atoms with Gasteiger partial charge in [0.25, 0.3) is 5.91 Å². The standard InChI is InChI=1S/C11H10N2OS/c1-7-4-2-3-5-8(7)11-13-9(6-15-11)10(12)14/h2-6H,1H3,(H2,12,14). The van der Waals surface area contributed by atoms with Crippen LogP contribution >= 0.6 is 11.3 Å². The Kier molecular flexibility index (Phi) is 2.51. The van der Waals surface area contributed by atoms with Gasteiger partial charge in [-0.3, -0.25) is 4.79 Å². The third kappa shape index (κ3) is 1.89. The van der Waals surface area contributed by atoms with Crippen molar-refractivity contribution < 1.29 is 4.79 Å². The highest BCUT2D eigenvalue weighted by molar-refractivity contribution is 7.13. The largest absolute Gasteiger partial charge is 0.364 e. The van der Waals surface area contributed by atoms with E-state index in [-0.39, 0.29) is 0 Å². The van der Waals surface area contributed by atoms with E-state index >= 15 is 0 Å². The average Bonchev–Trinajstić information content (AvgIpc) is 2.67. The van der Waals surface area contributed by atoms with Gasteiger partial charge in [-0.15, -0.1) is 11.3 Å². The number of aryl methyl sites for hydroxylation is 1. The summed E-state index contributed by atoms with van der Waals surface area (Å²) in [5, 5.41) is 2.52. The van der Waals surface area contributed by atoms with Gasteiger partial charge in [0.05, 0.1) is 0 Å². The summed E-state index contributed by atoms with van der Waals surface area (Å²) in [6.07, 6.45) is 0. The van der Waals surface area contributed by atoms with Crippen LogP contribution in [0.3, 0.4) is 0 Å². The number of hydrogen-bond acceptors (Lipinski definition) is 3. The van der Waals surface area contributed by atoms with Crippen LogP contribution in [0.4, 0.5) is 0 Å². The van der Waals surface area contributed by atoms with Crippen molar-refractivity contribution in [3.8, 4) is 10.6 Å². The fourth-order valence-electron chi connectivity index (χ4n) is 1.32. The molecule has 76 valence electrons. The second-order valence-electron chi connectivity index (χ2n) is 3.22. The molecule has 0 radical (unpaired) electrons. The Morgan fingerprint density at radius 1 is 1.40 bits per heavy atom. The molecule has 0 atom stereocenters. The molecule has 1 heterocycles. The molecule has 1 aromatic heterocycles. The molecule has 15 heavy (non-hydrogen) atoms. The zero-order chi connectivity index (χ0) is 10.8. The number of nitrogens with two attached hydrogens (primary N) is 1. The molecule has 0 saturated heterocycles. The molecule has 0 unspecified atom stereocenters. The number of carbonyl (C=O) groups excluding carboxylic acids is 1. The Morgan fingerprint density at radius 2 is 2.13 bits per heavy atom. The van der Waals surface area contributed by atoms with Crippen LogP contribution in [0.15, 0.2) is 29.6 Å². The summed E-state index contributed by atoms with van der Waals surface area (Å²) in [7, 11) is 0. The van der Waals surface area contributed by atoms with E-state index in [1.165, 1.54) is 11.3 Å². The first-order chi connectivity index (χ1) is 7.18. The van der Waals surface area contributed by atoms with E-state index in [1.807, 2.05) is 31.2 Å². The van der Waals surface area contributed by atoms with Gasteiger partial charge in [-0.2, -0.15) is 0 Å². The van der Waals surface area contributed by atoms with Gasteiger partial charge in [0.2, 0.25) is 0 Å². The smallest absolute Gasteiger partial charge is 0.268 e. The molecule has 0 saturated carbocycles. The predicted octanol–water partition coefficient (Wildman–Crippen LogP) is 2.22. The van der Waals surface area contributed by atoms with Crippen LogP contribution < -0.4 is 5.73 Å². The molecule has 0 aliphatic carbocycles. The summed E-state index contributed by atoms with van der Waals surface area (Å²) in [6, 6.07) is 7.93. The number of nitrogens with zero attached hydrogens (tertiary/aromatic N) is 1. The number of primary amides is 1. The van der Waals surface area contributed by atoms with Gasteiger partial charge < -0.3 is 5.73 Å². The number of hydrogen-bond donors (Lipinski definition) is 1. The van der Waals surface area contributed by atoms with Crippen molar-refractivity contribution in [3.05, 3.63) is 40.9 Å². The van der Waals surface area contributed by atoms with Crippen LogP contribution in [0.25, 0.3) is 10.6 Å². The molecule has 0 bridgehead atoms. The molecule has 2 N–H and O–H groups in total. The number of benzene rings is 1. The zero-order valence-corrected chi connectivity index (χ0v) is 9.04. The molecule has 2 aromatic rings. The van der Waals surface area contributed by atoms with E-state index in [1.54, 1.807) is 5.38 Å². The average molecular weight is 218 g/mol. The Bertz CT molecular complexity index is 505. The molecule has 0 aliphatic rings. The van der Waals surface area contributed by atoms with Gasteiger partial charge in [-0.1, -0.05) is 24.3 Å². The number of carbonyl (C=O) groups is 1. The predicted molar refractivity (Wildman–Crippen MR) is 60.8 cm³/mol. The van der Waals surface area contributed by atoms with E-state index in [2.05, 4.69) is 4.98 Å². The fraction of sp³-hybridized carbons (Fsp3) is 0.0909. The molecular formula is C11H10N2OS. The SMILES string of the molecule is Cc1ccccc1-c1nc(C(N)=O)cs1. The summed E-state index contributed by atoms with van der Waals surface area (Å²) in [5.41, 5.74) is 7.67. The molecule has 0 spiro atoms. The first-order valence-corrected chi connectivity index (χ1v) is 5.38. The van der Waals surface area contributed by atoms with Gasteiger partial charge >= 0.3 is 0 Å². The molecule has 2 rings (SSSR count). The Balaban J connectivity index is 2.46. The molecule has 3 nitrogen and oxygen atoms in total. The van der Waals surface area contributed by atoms with Gasteiger partial charge in [0, 0.05) is 10.9 Å². The van der Waals surface area contributed by atoms with E-state index in [9.17, 15) is 4.79 Å². The van der Waals surface area contributed by atoms with E-state index in [0.29, 0.717) is 5.69 Å². The summed E-state index contributed by atoms with van der Waals surface area (Å²) < 4.78 is 0. The molecule has 1 aromatic carbocycles. The number of amides is 1. The van der Waals surface area contributed by atoms with Crippen molar-refractivity contribution >= 4 is 17.2 Å². The Morgan fingerprint density at radius 3 is 2.73 bits per heavy atom. The summed E-state index contributed by atoms with van der Waals surface area (Å²) in [6.45, 7) is 2.01. The van der Waals surface area contributed by atoms with Crippen molar-refractivity contribution in [3.63, 3.8) is 0 Å². The third-order valence-electron chi connectivity index (χ3n) is 2.13. The maximum Gasteiger partial charge on any atom is 0.268 e. The van der Waals surface area contributed by atoms with Crippen molar-refractivity contribution in [2.45, 2.75) is 6.92 Å². The molecular weight excluding hydrogens is 208 g/mol. The van der Waals surface area contributed by atoms with Gasteiger partial charge in [-0.05, 0) is 12.5 Å². The highest BCUT2D eigenvalue weighted by Crippen LogP contribution is 2.26. The van der Waals surface area contributed by atoms with Crippen LogP contribution in [-0.4, -0.2) is 10.9 Å². The minimum atomic E-state index is -0.480. The third-order valence-corrected chi connectivity index (χ3v) is 3.01. The van der Waals surface area contributed by atoms with Crippen molar-refractivity contribution in [1.29, 1.82) is 0 Å². The highest BCUT2D eigenvalue weighted by atomic mass is 32.1. The van der Waals surface area contributed by atoms with Crippen LogP contribution in [0.2, 0.25) is 0 Å². The normalized spacial score (nSPS) is 10.2. The van der Waals surface area contributed by atoms with Crippen LogP contribution in [0, 0.1) is 6.92 Å². The summed E-state index contributed by atoms with van der Waals surface area (Å²) in [5.74, 6) is -0.480. The molecule has 1 amide bonds. The lowest BCUT2D eigenvalue weighted by Crippen LogP contribution is -2.10. The monoisotopic (exact) mass is 218 g/mol.